The van der Waals surface area contributed by atoms with Crippen molar-refractivity contribution in [2.45, 2.75) is 37.6 Å². The molecule has 0 aromatic carbocycles. The van der Waals surface area contributed by atoms with E-state index >= 15 is 0 Å². The Balaban J connectivity index is 1.65. The minimum atomic E-state index is -0.197. The summed E-state index contributed by atoms with van der Waals surface area (Å²) >= 11 is 1.45. The minimum absolute atomic E-state index is 0.197. The molecule has 0 aliphatic heterocycles. The monoisotopic (exact) mass is 398 g/mol. The van der Waals surface area contributed by atoms with Crippen LogP contribution in [0.4, 0.5) is 0 Å². The fourth-order valence-corrected chi connectivity index (χ4v) is 3.34. The molecule has 146 valence electrons. The Kier molecular flexibility index (Phi) is 7.02. The van der Waals surface area contributed by atoms with Crippen LogP contribution in [0.2, 0.25) is 0 Å². The lowest BCUT2D eigenvalue weighted by Crippen LogP contribution is -2.24. The van der Waals surface area contributed by atoms with Crippen LogP contribution in [0.15, 0.2) is 52.3 Å². The van der Waals surface area contributed by atoms with Gasteiger partial charge in [-0.25, -0.2) is 9.97 Å². The summed E-state index contributed by atoms with van der Waals surface area (Å²) in [6.07, 6.45) is 4.24. The molecule has 3 aromatic rings. The van der Waals surface area contributed by atoms with Crippen molar-refractivity contribution in [3.8, 4) is 5.88 Å². The molecule has 8 heteroatoms. The second-order valence-electron chi connectivity index (χ2n) is 6.07. The van der Waals surface area contributed by atoms with Crippen LogP contribution in [0.3, 0.4) is 0 Å². The zero-order valence-corrected chi connectivity index (χ0v) is 16.7. The van der Waals surface area contributed by atoms with Gasteiger partial charge >= 0.3 is 0 Å². The molecule has 0 atom stereocenters. The average molecular weight is 398 g/mol. The van der Waals surface area contributed by atoms with Gasteiger partial charge < -0.3 is 14.6 Å². The van der Waals surface area contributed by atoms with Crippen molar-refractivity contribution in [1.29, 1.82) is 0 Å². The van der Waals surface area contributed by atoms with Crippen molar-refractivity contribution < 1.29 is 14.1 Å². The number of ether oxygens (including phenoxy) is 1. The molecule has 0 saturated carbocycles. The zero-order valence-electron chi connectivity index (χ0n) is 15.8. The van der Waals surface area contributed by atoms with Crippen LogP contribution >= 0.6 is 11.8 Å². The van der Waals surface area contributed by atoms with Crippen LogP contribution in [-0.2, 0) is 12.3 Å². The number of carbonyl (C=O) groups is 1. The third-order valence-electron chi connectivity index (χ3n) is 3.78. The molecule has 0 unspecified atom stereocenters. The van der Waals surface area contributed by atoms with Crippen LogP contribution < -0.4 is 10.1 Å². The summed E-state index contributed by atoms with van der Waals surface area (Å²) in [4.78, 5) is 21.3. The van der Waals surface area contributed by atoms with Crippen molar-refractivity contribution in [3.05, 3.63) is 65.3 Å². The van der Waals surface area contributed by atoms with E-state index in [1.54, 1.807) is 24.5 Å². The SMILES string of the molecule is CCCOc1ncccc1CNC(=O)c1cccnc1SCc1cc(C)on1. The van der Waals surface area contributed by atoms with E-state index in [1.807, 2.05) is 32.0 Å². The number of thioether (sulfide) groups is 1. The third-order valence-corrected chi connectivity index (χ3v) is 4.82. The molecule has 0 saturated heterocycles. The Hall–Kier alpha value is -2.87. The molecule has 3 rings (SSSR count). The van der Waals surface area contributed by atoms with Gasteiger partial charge in [0, 0.05) is 36.3 Å². The highest BCUT2D eigenvalue weighted by molar-refractivity contribution is 7.98. The smallest absolute Gasteiger partial charge is 0.254 e. The van der Waals surface area contributed by atoms with Gasteiger partial charge in [0.1, 0.15) is 10.8 Å². The molecule has 0 fully saturated rings. The highest BCUT2D eigenvalue weighted by atomic mass is 32.2. The maximum atomic E-state index is 12.7. The van der Waals surface area contributed by atoms with Crippen LogP contribution in [0.5, 0.6) is 5.88 Å². The molecular weight excluding hydrogens is 376 g/mol. The largest absolute Gasteiger partial charge is 0.477 e. The minimum Gasteiger partial charge on any atom is -0.477 e. The molecule has 0 bridgehead atoms. The van der Waals surface area contributed by atoms with Gasteiger partial charge in [-0.15, -0.1) is 0 Å². The number of nitrogens with one attached hydrogen (secondary N) is 1. The first-order valence-corrected chi connectivity index (χ1v) is 10.0. The molecule has 3 aromatic heterocycles. The first-order chi connectivity index (χ1) is 13.7. The number of hydrogen-bond donors (Lipinski definition) is 1. The van der Waals surface area contributed by atoms with Gasteiger partial charge in [0.15, 0.2) is 0 Å². The molecule has 0 aliphatic carbocycles. The predicted molar refractivity (Wildman–Crippen MR) is 106 cm³/mol. The molecular formula is C20H22N4O3S. The standard InChI is InChI=1S/C20H22N4O3S/c1-3-10-26-19-15(6-4-8-21-19)12-23-18(25)17-7-5-9-22-20(17)28-13-16-11-14(2)27-24-16/h4-9,11H,3,10,12-13H2,1-2H3,(H,23,25). The first-order valence-electron chi connectivity index (χ1n) is 9.02. The Bertz CT molecular complexity index is 929. The fraction of sp³-hybridized carbons (Fsp3) is 0.300. The van der Waals surface area contributed by atoms with Crippen molar-refractivity contribution in [2.75, 3.05) is 6.61 Å². The molecule has 0 aliphatic rings. The van der Waals surface area contributed by atoms with E-state index in [9.17, 15) is 4.79 Å². The lowest BCUT2D eigenvalue weighted by atomic mass is 10.2. The van der Waals surface area contributed by atoms with Crippen LogP contribution in [0.25, 0.3) is 0 Å². The average Bonchev–Trinajstić information content (AvgIpc) is 3.15. The summed E-state index contributed by atoms with van der Waals surface area (Å²) in [5.41, 5.74) is 2.17. The maximum Gasteiger partial charge on any atom is 0.254 e. The zero-order chi connectivity index (χ0) is 19.8. The van der Waals surface area contributed by atoms with Gasteiger partial charge in [-0.1, -0.05) is 29.9 Å². The molecule has 0 radical (unpaired) electrons. The summed E-state index contributed by atoms with van der Waals surface area (Å²) in [5, 5.41) is 7.55. The van der Waals surface area contributed by atoms with E-state index in [2.05, 4.69) is 20.4 Å². The Labute approximate surface area is 167 Å². The van der Waals surface area contributed by atoms with Crippen molar-refractivity contribution >= 4 is 17.7 Å². The van der Waals surface area contributed by atoms with Crippen LogP contribution in [0.1, 0.15) is 40.7 Å². The van der Waals surface area contributed by atoms with E-state index in [0.29, 0.717) is 35.4 Å². The number of hydrogen-bond acceptors (Lipinski definition) is 7. The number of aromatic nitrogens is 3. The number of carbonyl (C=O) groups excluding carboxylic acids is 1. The van der Waals surface area contributed by atoms with E-state index in [-0.39, 0.29) is 5.91 Å². The van der Waals surface area contributed by atoms with Crippen molar-refractivity contribution in [1.82, 2.24) is 20.4 Å². The van der Waals surface area contributed by atoms with Gasteiger partial charge in [-0.3, -0.25) is 4.79 Å². The number of nitrogens with zero attached hydrogens (tertiary/aromatic N) is 3. The lowest BCUT2D eigenvalue weighted by Gasteiger charge is -2.11. The number of pyridine rings is 2. The Morgan fingerprint density at radius 3 is 2.86 bits per heavy atom. The van der Waals surface area contributed by atoms with Gasteiger partial charge in [0.2, 0.25) is 5.88 Å². The van der Waals surface area contributed by atoms with Crippen LogP contribution in [-0.4, -0.2) is 27.6 Å². The van der Waals surface area contributed by atoms with Gasteiger partial charge in [-0.05, 0) is 31.5 Å². The normalized spacial score (nSPS) is 10.6. The summed E-state index contributed by atoms with van der Waals surface area (Å²) in [7, 11) is 0. The summed E-state index contributed by atoms with van der Waals surface area (Å²) < 4.78 is 10.7. The highest BCUT2D eigenvalue weighted by Crippen LogP contribution is 2.24. The van der Waals surface area contributed by atoms with E-state index in [1.165, 1.54) is 11.8 Å². The Morgan fingerprint density at radius 1 is 1.25 bits per heavy atom. The van der Waals surface area contributed by atoms with Crippen LogP contribution in [0, 0.1) is 6.92 Å². The summed E-state index contributed by atoms with van der Waals surface area (Å²) in [6.45, 7) is 4.79. The second-order valence-corrected chi connectivity index (χ2v) is 7.04. The predicted octanol–water partition coefficient (Wildman–Crippen LogP) is 3.78. The van der Waals surface area contributed by atoms with E-state index < -0.39 is 0 Å². The third kappa shape index (κ3) is 5.32. The topological polar surface area (TPSA) is 90.1 Å². The first kappa shape index (κ1) is 19.9. The molecule has 1 N–H and O–H groups in total. The van der Waals surface area contributed by atoms with Gasteiger partial charge in [0.25, 0.3) is 5.91 Å². The highest BCUT2D eigenvalue weighted by Gasteiger charge is 2.14. The quantitative estimate of drug-likeness (QED) is 0.549. The summed E-state index contributed by atoms with van der Waals surface area (Å²) in [6, 6.07) is 9.10. The molecule has 7 nitrogen and oxygen atoms in total. The molecule has 0 spiro atoms. The fourth-order valence-electron chi connectivity index (χ4n) is 2.47. The number of aryl methyl sites for hydroxylation is 1. The van der Waals surface area contributed by atoms with Crippen molar-refractivity contribution in [3.63, 3.8) is 0 Å². The number of amides is 1. The molecule has 3 heterocycles. The van der Waals surface area contributed by atoms with E-state index in [4.69, 9.17) is 9.26 Å². The van der Waals surface area contributed by atoms with E-state index in [0.717, 1.165) is 23.4 Å². The number of rotatable bonds is 9. The van der Waals surface area contributed by atoms with Gasteiger partial charge in [0.05, 0.1) is 17.9 Å². The maximum absolute atomic E-state index is 12.7. The molecule has 28 heavy (non-hydrogen) atoms. The Morgan fingerprint density at radius 2 is 2.07 bits per heavy atom. The summed E-state index contributed by atoms with van der Waals surface area (Å²) in [5.74, 6) is 1.68. The second kappa shape index (κ2) is 9.89. The van der Waals surface area contributed by atoms with Gasteiger partial charge in [-0.2, -0.15) is 0 Å². The van der Waals surface area contributed by atoms with Crippen molar-refractivity contribution in [2.24, 2.45) is 0 Å². The molecule has 1 amide bonds. The lowest BCUT2D eigenvalue weighted by molar-refractivity contribution is 0.0947.